The van der Waals surface area contributed by atoms with Crippen LogP contribution in [0.4, 0.5) is 0 Å². The first-order valence-corrected chi connectivity index (χ1v) is 8.06. The fourth-order valence-corrected chi connectivity index (χ4v) is 3.40. The lowest BCUT2D eigenvalue weighted by Gasteiger charge is -2.30. The van der Waals surface area contributed by atoms with E-state index in [0.29, 0.717) is 6.54 Å². The second-order valence-electron chi connectivity index (χ2n) is 6.08. The summed E-state index contributed by atoms with van der Waals surface area (Å²) >= 11 is 0. The molecule has 2 aromatic rings. The Kier molecular flexibility index (Phi) is 4.32. The smallest absolute Gasteiger partial charge is 0.276 e. The van der Waals surface area contributed by atoms with Crippen LogP contribution in [0, 0.1) is 13.8 Å². The normalized spacial score (nSPS) is 18.7. The molecule has 1 unspecified atom stereocenters. The standard InChI is InChI=1S/C17H22N4O2/c1-11-15(12(2)20-19-11)13-7-4-3-5-10-21(13)17(23)16-14(22)8-6-9-18-16/h6,8-9,13,22H,3-5,7,10H2,1-2H3,(H,19,20). The molecule has 1 aliphatic rings. The Hall–Kier alpha value is -2.37. The van der Waals surface area contributed by atoms with Crippen LogP contribution in [0.25, 0.3) is 0 Å². The summed E-state index contributed by atoms with van der Waals surface area (Å²) in [4.78, 5) is 18.9. The fourth-order valence-electron chi connectivity index (χ4n) is 3.40. The Morgan fingerprint density at radius 3 is 2.87 bits per heavy atom. The summed E-state index contributed by atoms with van der Waals surface area (Å²) in [7, 11) is 0. The highest BCUT2D eigenvalue weighted by Crippen LogP contribution is 2.34. The van der Waals surface area contributed by atoms with Gasteiger partial charge in [-0.1, -0.05) is 12.8 Å². The molecular weight excluding hydrogens is 292 g/mol. The summed E-state index contributed by atoms with van der Waals surface area (Å²) in [5, 5.41) is 17.3. The molecular formula is C17H22N4O2. The SMILES string of the molecule is Cc1n[nH]c(C)c1C1CCCCCN1C(=O)c1ncccc1O. The van der Waals surface area contributed by atoms with Gasteiger partial charge in [0.2, 0.25) is 0 Å². The first kappa shape index (κ1) is 15.5. The summed E-state index contributed by atoms with van der Waals surface area (Å²) in [6, 6.07) is 3.10. The number of aromatic hydroxyl groups is 1. The highest BCUT2D eigenvalue weighted by molar-refractivity contribution is 5.95. The molecule has 0 aliphatic carbocycles. The number of carbonyl (C=O) groups is 1. The number of rotatable bonds is 2. The molecule has 122 valence electrons. The Labute approximate surface area is 135 Å². The van der Waals surface area contributed by atoms with Gasteiger partial charge in [-0.3, -0.25) is 9.89 Å². The predicted molar refractivity (Wildman–Crippen MR) is 86.2 cm³/mol. The topological polar surface area (TPSA) is 82.1 Å². The van der Waals surface area contributed by atoms with E-state index in [9.17, 15) is 9.90 Å². The third-order valence-corrected chi connectivity index (χ3v) is 4.52. The van der Waals surface area contributed by atoms with E-state index in [4.69, 9.17) is 0 Å². The summed E-state index contributed by atoms with van der Waals surface area (Å²) in [6.45, 7) is 4.62. The second kappa shape index (κ2) is 6.40. The van der Waals surface area contributed by atoms with Crippen LogP contribution >= 0.6 is 0 Å². The van der Waals surface area contributed by atoms with Gasteiger partial charge in [0.15, 0.2) is 5.69 Å². The van der Waals surface area contributed by atoms with E-state index in [-0.39, 0.29) is 23.4 Å². The van der Waals surface area contributed by atoms with Crippen molar-refractivity contribution in [2.24, 2.45) is 0 Å². The van der Waals surface area contributed by atoms with E-state index in [2.05, 4.69) is 15.2 Å². The van der Waals surface area contributed by atoms with Crippen molar-refractivity contribution in [1.82, 2.24) is 20.1 Å². The summed E-state index contributed by atoms with van der Waals surface area (Å²) < 4.78 is 0. The molecule has 0 bridgehead atoms. The van der Waals surface area contributed by atoms with Crippen molar-refractivity contribution in [3.05, 3.63) is 41.0 Å². The summed E-state index contributed by atoms with van der Waals surface area (Å²) in [5.74, 6) is -0.281. The lowest BCUT2D eigenvalue weighted by molar-refractivity contribution is 0.0670. The third kappa shape index (κ3) is 2.93. The summed E-state index contributed by atoms with van der Waals surface area (Å²) in [5.41, 5.74) is 3.14. The lowest BCUT2D eigenvalue weighted by Crippen LogP contribution is -2.35. The molecule has 23 heavy (non-hydrogen) atoms. The summed E-state index contributed by atoms with van der Waals surface area (Å²) in [6.07, 6.45) is 5.58. The number of aryl methyl sites for hydroxylation is 2. The van der Waals surface area contributed by atoms with Gasteiger partial charge in [-0.05, 0) is 38.8 Å². The highest BCUT2D eigenvalue weighted by Gasteiger charge is 2.32. The second-order valence-corrected chi connectivity index (χ2v) is 6.08. The van der Waals surface area contributed by atoms with Crippen molar-refractivity contribution in [1.29, 1.82) is 0 Å². The van der Waals surface area contributed by atoms with Crippen LogP contribution in [-0.4, -0.2) is 37.6 Å². The van der Waals surface area contributed by atoms with Gasteiger partial charge >= 0.3 is 0 Å². The van der Waals surface area contributed by atoms with E-state index in [0.717, 1.165) is 42.6 Å². The van der Waals surface area contributed by atoms with Crippen molar-refractivity contribution >= 4 is 5.91 Å². The van der Waals surface area contributed by atoms with Crippen LogP contribution in [0.5, 0.6) is 5.75 Å². The van der Waals surface area contributed by atoms with E-state index in [1.54, 1.807) is 6.07 Å². The van der Waals surface area contributed by atoms with Crippen molar-refractivity contribution < 1.29 is 9.90 Å². The van der Waals surface area contributed by atoms with E-state index in [1.165, 1.54) is 12.3 Å². The minimum absolute atomic E-state index is 0.0230. The van der Waals surface area contributed by atoms with Gasteiger partial charge in [0.25, 0.3) is 5.91 Å². The van der Waals surface area contributed by atoms with Crippen molar-refractivity contribution in [2.75, 3.05) is 6.54 Å². The van der Waals surface area contributed by atoms with Crippen LogP contribution < -0.4 is 0 Å². The number of pyridine rings is 1. The number of aromatic nitrogens is 3. The number of aromatic amines is 1. The number of hydrogen-bond donors (Lipinski definition) is 2. The molecule has 1 atom stereocenters. The first-order valence-electron chi connectivity index (χ1n) is 8.06. The number of carbonyl (C=O) groups excluding carboxylic acids is 1. The number of nitrogens with zero attached hydrogens (tertiary/aromatic N) is 3. The maximum atomic E-state index is 13.0. The molecule has 0 radical (unpaired) electrons. The zero-order chi connectivity index (χ0) is 16.4. The largest absolute Gasteiger partial charge is 0.505 e. The van der Waals surface area contributed by atoms with E-state index >= 15 is 0 Å². The molecule has 1 fully saturated rings. The van der Waals surface area contributed by atoms with Crippen molar-refractivity contribution in [3.63, 3.8) is 0 Å². The maximum Gasteiger partial charge on any atom is 0.276 e. The van der Waals surface area contributed by atoms with Crippen LogP contribution in [0.15, 0.2) is 18.3 Å². The lowest BCUT2D eigenvalue weighted by atomic mass is 9.98. The van der Waals surface area contributed by atoms with Gasteiger partial charge in [0.1, 0.15) is 5.75 Å². The van der Waals surface area contributed by atoms with Gasteiger partial charge in [-0.15, -0.1) is 0 Å². The average molecular weight is 314 g/mol. The Morgan fingerprint density at radius 2 is 2.17 bits per heavy atom. The Bertz CT molecular complexity index is 691. The quantitative estimate of drug-likeness (QED) is 0.893. The molecule has 0 spiro atoms. The van der Waals surface area contributed by atoms with Crippen molar-refractivity contribution in [3.8, 4) is 5.75 Å². The number of hydrogen-bond acceptors (Lipinski definition) is 4. The van der Waals surface area contributed by atoms with Gasteiger partial charge < -0.3 is 10.0 Å². The minimum Gasteiger partial charge on any atom is -0.505 e. The molecule has 0 aromatic carbocycles. The van der Waals surface area contributed by atoms with Crippen molar-refractivity contribution in [2.45, 2.75) is 45.6 Å². The molecule has 1 amide bonds. The highest BCUT2D eigenvalue weighted by atomic mass is 16.3. The number of likely N-dealkylation sites (tertiary alicyclic amines) is 1. The Morgan fingerprint density at radius 1 is 1.35 bits per heavy atom. The third-order valence-electron chi connectivity index (χ3n) is 4.52. The molecule has 3 heterocycles. The fraction of sp³-hybridized carbons (Fsp3) is 0.471. The van der Waals surface area contributed by atoms with E-state index in [1.807, 2.05) is 18.7 Å². The van der Waals surface area contributed by atoms with Gasteiger partial charge in [-0.2, -0.15) is 5.10 Å². The van der Waals surface area contributed by atoms with Crippen LogP contribution in [-0.2, 0) is 0 Å². The first-order chi connectivity index (χ1) is 11.1. The number of amides is 1. The van der Waals surface area contributed by atoms with Gasteiger partial charge in [0.05, 0.1) is 11.7 Å². The molecule has 6 nitrogen and oxygen atoms in total. The zero-order valence-electron chi connectivity index (χ0n) is 13.5. The Balaban J connectivity index is 2.00. The number of nitrogens with one attached hydrogen (secondary N) is 1. The molecule has 1 saturated heterocycles. The van der Waals surface area contributed by atoms with Crippen LogP contribution in [0.2, 0.25) is 0 Å². The predicted octanol–water partition coefficient (Wildman–Crippen LogP) is 2.88. The molecule has 2 aromatic heterocycles. The van der Waals surface area contributed by atoms with Gasteiger partial charge in [0, 0.05) is 24.0 Å². The van der Waals surface area contributed by atoms with E-state index < -0.39 is 0 Å². The number of H-pyrrole nitrogens is 1. The average Bonchev–Trinajstić information content (AvgIpc) is 2.75. The maximum absolute atomic E-state index is 13.0. The zero-order valence-corrected chi connectivity index (χ0v) is 13.5. The molecule has 3 rings (SSSR count). The van der Waals surface area contributed by atoms with Crippen LogP contribution in [0.1, 0.15) is 59.2 Å². The molecule has 6 heteroatoms. The monoisotopic (exact) mass is 314 g/mol. The molecule has 0 saturated carbocycles. The van der Waals surface area contributed by atoms with Crippen LogP contribution in [0.3, 0.4) is 0 Å². The molecule has 2 N–H and O–H groups in total. The van der Waals surface area contributed by atoms with Gasteiger partial charge in [-0.25, -0.2) is 4.98 Å². The minimum atomic E-state index is -0.213. The molecule has 1 aliphatic heterocycles.